The maximum absolute atomic E-state index is 4.59. The molecule has 2 aromatic rings. The molecule has 19 heavy (non-hydrogen) atoms. The van der Waals surface area contributed by atoms with Gasteiger partial charge in [-0.05, 0) is 41.0 Å². The van der Waals surface area contributed by atoms with Crippen molar-refractivity contribution in [3.05, 3.63) is 39.8 Å². The maximum atomic E-state index is 4.59. The van der Waals surface area contributed by atoms with Crippen molar-refractivity contribution in [3.8, 4) is 0 Å². The molecule has 0 amide bonds. The largest absolute Gasteiger partial charge is 0.331 e. The summed E-state index contributed by atoms with van der Waals surface area (Å²) >= 11 is 5.17. The fraction of sp³-hybridized carbons (Fsp3) is 0.357. The van der Waals surface area contributed by atoms with E-state index in [1.165, 1.54) is 6.42 Å². The molecule has 0 bridgehead atoms. The highest BCUT2D eigenvalue weighted by atomic mass is 79.9. The Morgan fingerprint density at radius 3 is 2.89 bits per heavy atom. The molecular weight excluding hydrogens is 322 g/mol. The summed E-state index contributed by atoms with van der Waals surface area (Å²) in [6, 6.07) is 8.07. The van der Waals surface area contributed by atoms with Crippen LogP contribution in [-0.4, -0.2) is 18.1 Å². The maximum Gasteiger partial charge on any atom is 0.187 e. The Hall–Kier alpha value is -0.910. The number of nitrogens with one attached hydrogen (secondary N) is 2. The zero-order chi connectivity index (χ0) is 13.5. The van der Waals surface area contributed by atoms with Gasteiger partial charge in [0, 0.05) is 22.8 Å². The predicted octanol–water partition coefficient (Wildman–Crippen LogP) is 4.19. The van der Waals surface area contributed by atoms with E-state index in [0.29, 0.717) is 0 Å². The van der Waals surface area contributed by atoms with Crippen molar-refractivity contribution in [1.29, 1.82) is 0 Å². The molecule has 1 aromatic carbocycles. The van der Waals surface area contributed by atoms with Crippen molar-refractivity contribution < 1.29 is 0 Å². The van der Waals surface area contributed by atoms with Crippen molar-refractivity contribution in [1.82, 2.24) is 10.3 Å². The molecule has 0 aliphatic carbocycles. The Morgan fingerprint density at radius 1 is 1.26 bits per heavy atom. The first kappa shape index (κ1) is 14.5. The number of nitrogens with zero attached hydrogens (tertiary/aromatic N) is 1. The van der Waals surface area contributed by atoms with Crippen LogP contribution in [0.1, 0.15) is 19.0 Å². The highest BCUT2D eigenvalue weighted by molar-refractivity contribution is 9.10. The lowest BCUT2D eigenvalue weighted by molar-refractivity contribution is 0.667. The molecule has 5 heteroatoms. The molecule has 0 spiro atoms. The molecule has 1 heterocycles. The lowest BCUT2D eigenvalue weighted by Gasteiger charge is -2.04. The summed E-state index contributed by atoms with van der Waals surface area (Å²) in [5, 5.41) is 9.78. The van der Waals surface area contributed by atoms with Crippen molar-refractivity contribution >= 4 is 38.1 Å². The fourth-order valence-corrected chi connectivity index (χ4v) is 2.82. The highest BCUT2D eigenvalue weighted by Crippen LogP contribution is 2.27. The van der Waals surface area contributed by atoms with Crippen LogP contribution in [0, 0.1) is 0 Å². The molecule has 0 unspecified atom stereocenters. The minimum absolute atomic E-state index is 0.942. The molecule has 0 fully saturated rings. The molecule has 1 aromatic heterocycles. The van der Waals surface area contributed by atoms with E-state index in [-0.39, 0.29) is 0 Å². The van der Waals surface area contributed by atoms with Gasteiger partial charge < -0.3 is 10.6 Å². The number of para-hydroxylation sites is 1. The molecule has 0 radical (unpaired) electrons. The molecule has 0 aliphatic rings. The number of thiazole rings is 1. The van der Waals surface area contributed by atoms with Crippen LogP contribution in [0.3, 0.4) is 0 Å². The standard InChI is InChI=1S/C14H18BrN3S/c1-2-8-16-9-7-11-10-19-14(17-11)18-13-6-4-3-5-12(13)15/h3-6,10,16H,2,7-9H2,1H3,(H,17,18). The Morgan fingerprint density at radius 2 is 2.11 bits per heavy atom. The monoisotopic (exact) mass is 339 g/mol. The van der Waals surface area contributed by atoms with Gasteiger partial charge in [-0.15, -0.1) is 11.3 Å². The average Bonchev–Trinajstić information content (AvgIpc) is 2.85. The van der Waals surface area contributed by atoms with E-state index in [1.54, 1.807) is 11.3 Å². The van der Waals surface area contributed by atoms with Crippen molar-refractivity contribution in [2.45, 2.75) is 19.8 Å². The summed E-state index contributed by atoms with van der Waals surface area (Å²) < 4.78 is 1.05. The third kappa shape index (κ3) is 4.60. The Balaban J connectivity index is 1.89. The van der Waals surface area contributed by atoms with E-state index in [1.807, 2.05) is 24.3 Å². The van der Waals surface area contributed by atoms with E-state index < -0.39 is 0 Å². The summed E-state index contributed by atoms with van der Waals surface area (Å²) in [7, 11) is 0. The normalized spacial score (nSPS) is 10.6. The van der Waals surface area contributed by atoms with Gasteiger partial charge in [-0.1, -0.05) is 19.1 Å². The van der Waals surface area contributed by atoms with E-state index >= 15 is 0 Å². The molecule has 0 atom stereocenters. The van der Waals surface area contributed by atoms with Crippen LogP contribution in [0.15, 0.2) is 34.1 Å². The zero-order valence-electron chi connectivity index (χ0n) is 10.9. The third-order valence-electron chi connectivity index (χ3n) is 2.65. The van der Waals surface area contributed by atoms with Crippen LogP contribution in [0.25, 0.3) is 0 Å². The SMILES string of the molecule is CCCNCCc1csc(Nc2ccccc2Br)n1. The van der Waals surface area contributed by atoms with Gasteiger partial charge in [-0.3, -0.25) is 0 Å². The van der Waals surface area contributed by atoms with Crippen LogP contribution in [0.2, 0.25) is 0 Å². The summed E-state index contributed by atoms with van der Waals surface area (Å²) in [4.78, 5) is 4.59. The second-order valence-electron chi connectivity index (χ2n) is 4.25. The lowest BCUT2D eigenvalue weighted by Crippen LogP contribution is -2.17. The number of halogens is 1. The zero-order valence-corrected chi connectivity index (χ0v) is 13.4. The Kier molecular flexibility index (Phi) is 5.82. The van der Waals surface area contributed by atoms with E-state index in [0.717, 1.165) is 40.5 Å². The molecule has 102 valence electrons. The number of rotatable bonds is 7. The van der Waals surface area contributed by atoms with E-state index in [9.17, 15) is 0 Å². The number of hydrogen-bond donors (Lipinski definition) is 2. The van der Waals surface area contributed by atoms with Crippen LogP contribution >= 0.6 is 27.3 Å². The summed E-state index contributed by atoms with van der Waals surface area (Å²) in [5.74, 6) is 0. The summed E-state index contributed by atoms with van der Waals surface area (Å²) in [5.41, 5.74) is 2.19. The van der Waals surface area contributed by atoms with Gasteiger partial charge in [-0.2, -0.15) is 0 Å². The van der Waals surface area contributed by atoms with Gasteiger partial charge in [-0.25, -0.2) is 4.98 Å². The second-order valence-corrected chi connectivity index (χ2v) is 5.96. The highest BCUT2D eigenvalue weighted by Gasteiger charge is 2.04. The molecule has 0 saturated carbocycles. The lowest BCUT2D eigenvalue weighted by atomic mass is 10.3. The van der Waals surface area contributed by atoms with Gasteiger partial charge >= 0.3 is 0 Å². The van der Waals surface area contributed by atoms with Crippen LogP contribution in [0.5, 0.6) is 0 Å². The Bertz CT molecular complexity index is 513. The molecular formula is C14H18BrN3S. The fourth-order valence-electron chi connectivity index (χ4n) is 1.68. The quantitative estimate of drug-likeness (QED) is 0.742. The molecule has 0 aliphatic heterocycles. The van der Waals surface area contributed by atoms with Crippen molar-refractivity contribution in [2.24, 2.45) is 0 Å². The summed E-state index contributed by atoms with van der Waals surface area (Å²) in [6.07, 6.45) is 2.15. The van der Waals surface area contributed by atoms with E-state index in [2.05, 4.69) is 43.9 Å². The smallest absolute Gasteiger partial charge is 0.187 e. The third-order valence-corrected chi connectivity index (χ3v) is 4.15. The minimum atomic E-state index is 0.942. The van der Waals surface area contributed by atoms with Gasteiger partial charge in [0.2, 0.25) is 0 Å². The van der Waals surface area contributed by atoms with Gasteiger partial charge in [0.1, 0.15) is 0 Å². The first-order valence-corrected chi connectivity index (χ1v) is 8.13. The van der Waals surface area contributed by atoms with Crippen molar-refractivity contribution in [3.63, 3.8) is 0 Å². The summed E-state index contributed by atoms with van der Waals surface area (Å²) in [6.45, 7) is 4.24. The van der Waals surface area contributed by atoms with Crippen LogP contribution < -0.4 is 10.6 Å². The number of aromatic nitrogens is 1. The molecule has 0 saturated heterocycles. The average molecular weight is 340 g/mol. The molecule has 3 nitrogen and oxygen atoms in total. The van der Waals surface area contributed by atoms with Gasteiger partial charge in [0.15, 0.2) is 5.13 Å². The van der Waals surface area contributed by atoms with Crippen molar-refractivity contribution in [2.75, 3.05) is 18.4 Å². The first-order chi connectivity index (χ1) is 9.29. The number of hydrogen-bond acceptors (Lipinski definition) is 4. The number of benzene rings is 1. The molecule has 2 N–H and O–H groups in total. The first-order valence-electron chi connectivity index (χ1n) is 6.46. The van der Waals surface area contributed by atoms with Crippen LogP contribution in [-0.2, 0) is 6.42 Å². The van der Waals surface area contributed by atoms with Gasteiger partial charge in [0.05, 0.1) is 11.4 Å². The topological polar surface area (TPSA) is 37.0 Å². The molecule has 2 rings (SSSR count). The second kappa shape index (κ2) is 7.62. The van der Waals surface area contributed by atoms with E-state index in [4.69, 9.17) is 0 Å². The van der Waals surface area contributed by atoms with Gasteiger partial charge in [0.25, 0.3) is 0 Å². The minimum Gasteiger partial charge on any atom is -0.331 e. The predicted molar refractivity (Wildman–Crippen MR) is 86.4 cm³/mol. The Labute approximate surface area is 126 Å². The van der Waals surface area contributed by atoms with Crippen LogP contribution in [0.4, 0.5) is 10.8 Å². The number of anilines is 2.